The van der Waals surface area contributed by atoms with E-state index < -0.39 is 95.2 Å². The zero-order valence-corrected chi connectivity index (χ0v) is 24.3. The minimum absolute atomic E-state index is 0.0420. The predicted molar refractivity (Wildman–Crippen MR) is 139 cm³/mol. The molecular weight excluding hydrogens is 543 g/mol. The van der Waals surface area contributed by atoms with E-state index in [0.717, 1.165) is 0 Å². The average Bonchev–Trinajstić information content (AvgIpc) is 3.51. The molecule has 4 saturated heterocycles. The summed E-state index contributed by atoms with van der Waals surface area (Å²) in [6.07, 6.45) is -2.02. The highest BCUT2D eigenvalue weighted by molar-refractivity contribution is 7.61. The van der Waals surface area contributed by atoms with Gasteiger partial charge in [-0.2, -0.15) is 0 Å². The number of hydrogen-bond donors (Lipinski definition) is 5. The molecule has 1 aromatic rings. The third-order valence-corrected chi connectivity index (χ3v) is 15.7. The van der Waals surface area contributed by atoms with Crippen LogP contribution in [-0.4, -0.2) is 90.9 Å². The smallest absolute Gasteiger partial charge is 0.305 e. The number of ether oxygens (including phenoxy) is 3. The van der Waals surface area contributed by atoms with Crippen molar-refractivity contribution in [3.05, 3.63) is 24.2 Å². The molecule has 0 aromatic carbocycles. The zero-order valence-electron chi connectivity index (χ0n) is 23.4. The third-order valence-electron chi connectivity index (χ3n) is 11.8. The van der Waals surface area contributed by atoms with Gasteiger partial charge in [0.25, 0.3) is 0 Å². The maximum atomic E-state index is 12.8. The maximum Gasteiger partial charge on any atom is 0.305 e. The van der Waals surface area contributed by atoms with Crippen molar-refractivity contribution >= 4 is 19.9 Å². The largest absolute Gasteiger partial charge is 0.481 e. The van der Waals surface area contributed by atoms with Gasteiger partial charge in [-0.1, -0.05) is 28.7 Å². The lowest BCUT2D eigenvalue weighted by molar-refractivity contribution is -0.280. The van der Waals surface area contributed by atoms with Gasteiger partial charge < -0.3 is 44.2 Å². The molecule has 2 saturated carbocycles. The van der Waals surface area contributed by atoms with E-state index in [4.69, 9.17) is 18.6 Å². The summed E-state index contributed by atoms with van der Waals surface area (Å²) in [5.74, 6) is -3.13. The van der Waals surface area contributed by atoms with Crippen LogP contribution in [0, 0.1) is 22.7 Å². The Hall–Kier alpha value is -1.59. The molecule has 7 rings (SSSR count). The normalized spacial score (nSPS) is 53.1. The van der Waals surface area contributed by atoms with Gasteiger partial charge >= 0.3 is 11.9 Å². The van der Waals surface area contributed by atoms with Crippen LogP contribution in [0.15, 0.2) is 23.0 Å². The lowest BCUT2D eigenvalue weighted by Crippen LogP contribution is -2.84. The Morgan fingerprint density at radius 2 is 1.85 bits per heavy atom. The van der Waals surface area contributed by atoms with E-state index in [9.17, 15) is 35.1 Å². The molecule has 12 heteroatoms. The SMILES string of the molecule is COC(=O)CC1C2(C)CC34OC(C)OC5(C(CC(=O)O)C(C)(C(O)c6ccoc6)CCP5C13C)C(O)C4(O)C2O. The molecule has 222 valence electrons. The van der Waals surface area contributed by atoms with Crippen LogP contribution in [0.3, 0.4) is 0 Å². The number of aliphatic hydroxyl groups is 4. The number of carboxylic acids is 1. The van der Waals surface area contributed by atoms with E-state index >= 15 is 0 Å². The molecule has 13 unspecified atom stereocenters. The molecule has 2 aliphatic carbocycles. The molecule has 3 bridgehead atoms. The number of aliphatic carboxylic acids is 1. The second kappa shape index (κ2) is 8.49. The molecule has 6 aliphatic rings. The summed E-state index contributed by atoms with van der Waals surface area (Å²) < 4.78 is 23.6. The standard InChI is InChI=1S/C28H39O11P/c1-14-38-26-13-24(3)16(11-19(31)36-5)25(26,4)40-9-7-23(2,20(32)15-6-8-37-12-15)17(10-18(29)30)28(40,39-14)22(34)27(26,35)21(24)33/h6,8,12,14,16-17,20-22,32-35H,7,9-11,13H2,1-5H3,(H,29,30). The van der Waals surface area contributed by atoms with Gasteiger partial charge in [-0.15, -0.1) is 0 Å². The molecule has 2 spiro atoms. The van der Waals surface area contributed by atoms with Crippen molar-refractivity contribution in [3.8, 4) is 0 Å². The van der Waals surface area contributed by atoms with Crippen molar-refractivity contribution in [3.63, 3.8) is 0 Å². The molecule has 0 radical (unpaired) electrons. The first-order valence-electron chi connectivity index (χ1n) is 13.8. The van der Waals surface area contributed by atoms with Gasteiger partial charge in [-0.05, 0) is 37.9 Å². The first-order valence-corrected chi connectivity index (χ1v) is 15.3. The van der Waals surface area contributed by atoms with Crippen molar-refractivity contribution in [2.45, 2.75) is 99.7 Å². The van der Waals surface area contributed by atoms with Crippen LogP contribution in [0.1, 0.15) is 65.0 Å². The van der Waals surface area contributed by atoms with Gasteiger partial charge in [0, 0.05) is 33.9 Å². The van der Waals surface area contributed by atoms with Crippen LogP contribution in [0.4, 0.5) is 0 Å². The molecule has 5 N–H and O–H groups in total. The average molecular weight is 583 g/mol. The maximum absolute atomic E-state index is 12.8. The van der Waals surface area contributed by atoms with E-state index in [-0.39, 0.29) is 12.8 Å². The third kappa shape index (κ3) is 2.90. The molecule has 5 heterocycles. The molecular formula is C28H39O11P. The highest BCUT2D eigenvalue weighted by Gasteiger charge is 2.94. The summed E-state index contributed by atoms with van der Waals surface area (Å²) in [7, 11) is -0.243. The van der Waals surface area contributed by atoms with Gasteiger partial charge in [0.1, 0.15) is 22.6 Å². The fraction of sp³-hybridized carbons (Fsp3) is 0.786. The Labute approximate surface area is 233 Å². The number of carbonyl (C=O) groups is 2. The second-order valence-electron chi connectivity index (χ2n) is 13.2. The fourth-order valence-electron chi connectivity index (χ4n) is 10.1. The Balaban J connectivity index is 1.62. The van der Waals surface area contributed by atoms with Crippen LogP contribution < -0.4 is 0 Å². The Morgan fingerprint density at radius 3 is 2.45 bits per heavy atom. The van der Waals surface area contributed by atoms with Crippen molar-refractivity contribution in [1.82, 2.24) is 0 Å². The summed E-state index contributed by atoms with van der Waals surface area (Å²) in [6.45, 7) is 7.20. The zero-order chi connectivity index (χ0) is 29.3. The molecule has 13 atom stereocenters. The number of carboxylic acid groups (broad SMARTS) is 1. The number of esters is 1. The van der Waals surface area contributed by atoms with Gasteiger partial charge in [-0.25, -0.2) is 0 Å². The van der Waals surface area contributed by atoms with Crippen LogP contribution in [0.5, 0.6) is 0 Å². The van der Waals surface area contributed by atoms with Crippen molar-refractivity contribution < 1.29 is 53.7 Å². The monoisotopic (exact) mass is 582 g/mol. The second-order valence-corrected chi connectivity index (χ2v) is 16.1. The van der Waals surface area contributed by atoms with Crippen molar-refractivity contribution in [2.75, 3.05) is 13.3 Å². The Bertz CT molecular complexity index is 1220. The Kier molecular flexibility index (Phi) is 6.06. The highest BCUT2D eigenvalue weighted by Crippen LogP contribution is 2.90. The number of fused-ring (bicyclic) bond motifs is 3. The minimum atomic E-state index is -2.22. The van der Waals surface area contributed by atoms with E-state index in [1.807, 2.05) is 13.8 Å². The summed E-state index contributed by atoms with van der Waals surface area (Å²) in [5, 5.41) is 56.2. The van der Waals surface area contributed by atoms with Crippen LogP contribution >= 0.6 is 7.92 Å². The predicted octanol–water partition coefficient (Wildman–Crippen LogP) is 1.95. The van der Waals surface area contributed by atoms with E-state index in [1.165, 1.54) is 19.6 Å². The number of aliphatic hydroxyl groups excluding tert-OH is 3. The van der Waals surface area contributed by atoms with Crippen LogP contribution in [0.2, 0.25) is 0 Å². The van der Waals surface area contributed by atoms with E-state index in [2.05, 4.69) is 0 Å². The Morgan fingerprint density at radius 1 is 1.15 bits per heavy atom. The number of methoxy groups -OCH3 is 1. The minimum Gasteiger partial charge on any atom is -0.481 e. The van der Waals surface area contributed by atoms with Gasteiger partial charge in [0.15, 0.2) is 6.29 Å². The van der Waals surface area contributed by atoms with Crippen LogP contribution in [-0.2, 0) is 23.8 Å². The first kappa shape index (κ1) is 28.5. The molecule has 6 fully saturated rings. The number of furan rings is 1. The topological polar surface area (TPSA) is 176 Å². The molecule has 1 aromatic heterocycles. The number of hydrogen-bond acceptors (Lipinski definition) is 10. The quantitative estimate of drug-likeness (QED) is 0.245. The van der Waals surface area contributed by atoms with Gasteiger partial charge in [0.05, 0.1) is 38.3 Å². The number of rotatable bonds is 6. The van der Waals surface area contributed by atoms with Crippen LogP contribution in [0.25, 0.3) is 0 Å². The number of carbonyl (C=O) groups excluding carboxylic acids is 1. The summed E-state index contributed by atoms with van der Waals surface area (Å²) in [5.41, 5.74) is -5.34. The molecule has 4 aliphatic heterocycles. The van der Waals surface area contributed by atoms with Gasteiger partial charge in [0.2, 0.25) is 0 Å². The van der Waals surface area contributed by atoms with Gasteiger partial charge in [-0.3, -0.25) is 9.59 Å². The van der Waals surface area contributed by atoms with Crippen molar-refractivity contribution in [1.29, 1.82) is 0 Å². The molecule has 40 heavy (non-hydrogen) atoms. The highest BCUT2D eigenvalue weighted by atomic mass is 31.1. The fourth-order valence-corrected chi connectivity index (χ4v) is 15.4. The van der Waals surface area contributed by atoms with E-state index in [0.29, 0.717) is 18.1 Å². The van der Waals surface area contributed by atoms with E-state index in [1.54, 1.807) is 19.9 Å². The summed E-state index contributed by atoms with van der Waals surface area (Å²) in [6, 6.07) is 1.62. The lowest BCUT2D eigenvalue weighted by Gasteiger charge is -2.73. The summed E-state index contributed by atoms with van der Waals surface area (Å²) in [4.78, 5) is 25.3. The summed E-state index contributed by atoms with van der Waals surface area (Å²) >= 11 is 0. The molecule has 11 nitrogen and oxygen atoms in total. The van der Waals surface area contributed by atoms with Crippen molar-refractivity contribution in [2.24, 2.45) is 22.7 Å². The molecule has 0 amide bonds. The lowest BCUT2D eigenvalue weighted by atomic mass is 9.56. The first-order chi connectivity index (χ1) is 18.6.